The lowest BCUT2D eigenvalue weighted by Crippen LogP contribution is -2.25. The number of hydrogen-bond donors (Lipinski definition) is 1. The Bertz CT molecular complexity index is 546. The number of hydrogen-bond acceptors (Lipinski definition) is 6. The molecule has 114 valence electrons. The highest BCUT2D eigenvalue weighted by atomic mass is 32.1. The number of benzene rings is 1. The van der Waals surface area contributed by atoms with Crippen LogP contribution in [0.3, 0.4) is 0 Å². The van der Waals surface area contributed by atoms with E-state index in [-0.39, 0.29) is 6.61 Å². The quantitative estimate of drug-likeness (QED) is 0.810. The molecule has 1 aromatic heterocycles. The lowest BCUT2D eigenvalue weighted by atomic mass is 10.1. The molecule has 0 saturated carbocycles. The van der Waals surface area contributed by atoms with Gasteiger partial charge >= 0.3 is 0 Å². The first-order chi connectivity index (χ1) is 10.3. The van der Waals surface area contributed by atoms with Crippen molar-refractivity contribution in [2.45, 2.75) is 13.1 Å². The van der Waals surface area contributed by atoms with E-state index in [1.165, 1.54) is 4.88 Å². The van der Waals surface area contributed by atoms with E-state index in [2.05, 4.69) is 9.88 Å². The summed E-state index contributed by atoms with van der Waals surface area (Å²) >= 11 is 1.62. The second kappa shape index (κ2) is 7.97. The van der Waals surface area contributed by atoms with Gasteiger partial charge in [0.15, 0.2) is 0 Å². The van der Waals surface area contributed by atoms with E-state index in [0.717, 1.165) is 23.6 Å². The average molecular weight is 308 g/mol. The van der Waals surface area contributed by atoms with Crippen LogP contribution in [0, 0.1) is 0 Å². The Morgan fingerprint density at radius 3 is 2.71 bits per heavy atom. The van der Waals surface area contributed by atoms with Crippen molar-refractivity contribution in [3.63, 3.8) is 0 Å². The first kappa shape index (κ1) is 15.8. The van der Waals surface area contributed by atoms with Gasteiger partial charge in [-0.3, -0.25) is 9.88 Å². The van der Waals surface area contributed by atoms with Crippen LogP contribution < -0.4 is 9.47 Å². The monoisotopic (exact) mass is 308 g/mol. The number of aliphatic hydroxyl groups excluding tert-OH is 1. The van der Waals surface area contributed by atoms with E-state index in [4.69, 9.17) is 9.47 Å². The van der Waals surface area contributed by atoms with Crippen molar-refractivity contribution in [3.8, 4) is 11.5 Å². The van der Waals surface area contributed by atoms with E-state index < -0.39 is 0 Å². The Balaban J connectivity index is 2.12. The van der Waals surface area contributed by atoms with Gasteiger partial charge in [-0.05, 0) is 6.07 Å². The van der Waals surface area contributed by atoms with E-state index >= 15 is 0 Å². The molecule has 0 amide bonds. The van der Waals surface area contributed by atoms with Crippen molar-refractivity contribution >= 4 is 11.3 Å². The van der Waals surface area contributed by atoms with Crippen molar-refractivity contribution < 1.29 is 14.6 Å². The number of ether oxygens (including phenoxy) is 2. The average Bonchev–Trinajstić information content (AvgIpc) is 3.00. The van der Waals surface area contributed by atoms with E-state index in [1.54, 1.807) is 25.6 Å². The standard InChI is InChI=1S/C15H20N2O3S/c1-19-13-4-3-12(15(7-13)20-2)9-17(5-6-18)10-14-8-16-11-21-14/h3-4,7-8,11,18H,5-6,9-10H2,1-2H3. The summed E-state index contributed by atoms with van der Waals surface area (Å²) in [6.45, 7) is 2.19. The van der Waals surface area contributed by atoms with Crippen molar-refractivity contribution in [2.24, 2.45) is 0 Å². The zero-order valence-corrected chi connectivity index (χ0v) is 13.1. The molecular formula is C15H20N2O3S. The van der Waals surface area contributed by atoms with Gasteiger partial charge in [0.25, 0.3) is 0 Å². The minimum atomic E-state index is 0.122. The number of aromatic nitrogens is 1. The van der Waals surface area contributed by atoms with Gasteiger partial charge in [-0.1, -0.05) is 6.07 Å². The van der Waals surface area contributed by atoms with Crippen molar-refractivity contribution in [1.82, 2.24) is 9.88 Å². The number of methoxy groups -OCH3 is 2. The summed E-state index contributed by atoms with van der Waals surface area (Å²) in [6, 6.07) is 5.79. The molecule has 0 fully saturated rings. The molecule has 21 heavy (non-hydrogen) atoms. The first-order valence-corrected chi connectivity index (χ1v) is 7.56. The molecule has 5 nitrogen and oxygen atoms in total. The molecule has 0 spiro atoms. The highest BCUT2D eigenvalue weighted by Gasteiger charge is 2.12. The molecule has 1 aromatic carbocycles. The van der Waals surface area contributed by atoms with E-state index in [9.17, 15) is 5.11 Å². The molecule has 0 atom stereocenters. The molecular weight excluding hydrogens is 288 g/mol. The number of nitrogens with zero attached hydrogens (tertiary/aromatic N) is 2. The fourth-order valence-electron chi connectivity index (χ4n) is 2.12. The van der Waals surface area contributed by atoms with Crippen LogP contribution in [0.5, 0.6) is 11.5 Å². The molecule has 1 heterocycles. The van der Waals surface area contributed by atoms with Crippen molar-refractivity contribution in [3.05, 3.63) is 40.3 Å². The Labute approximate surface area is 128 Å². The van der Waals surface area contributed by atoms with Crippen LogP contribution in [-0.2, 0) is 13.1 Å². The summed E-state index contributed by atoms with van der Waals surface area (Å²) in [6.07, 6.45) is 1.86. The van der Waals surface area contributed by atoms with Gasteiger partial charge in [0.2, 0.25) is 0 Å². The summed E-state index contributed by atoms with van der Waals surface area (Å²) in [5, 5.41) is 9.25. The Kier molecular flexibility index (Phi) is 5.98. The van der Waals surface area contributed by atoms with Crippen LogP contribution in [0.2, 0.25) is 0 Å². The molecule has 0 radical (unpaired) electrons. The van der Waals surface area contributed by atoms with Crippen LogP contribution in [0.4, 0.5) is 0 Å². The fraction of sp³-hybridized carbons (Fsp3) is 0.400. The zero-order valence-electron chi connectivity index (χ0n) is 12.3. The van der Waals surface area contributed by atoms with Crippen molar-refractivity contribution in [1.29, 1.82) is 0 Å². The number of thiazole rings is 1. The SMILES string of the molecule is COc1ccc(CN(CCO)Cc2cncs2)c(OC)c1. The maximum absolute atomic E-state index is 9.25. The minimum absolute atomic E-state index is 0.122. The first-order valence-electron chi connectivity index (χ1n) is 6.68. The van der Waals surface area contributed by atoms with E-state index in [1.807, 2.05) is 29.9 Å². The van der Waals surface area contributed by atoms with Crippen LogP contribution in [0.1, 0.15) is 10.4 Å². The molecule has 0 bridgehead atoms. The summed E-state index contributed by atoms with van der Waals surface area (Å²) in [4.78, 5) is 7.43. The van der Waals surface area contributed by atoms with Gasteiger partial charge < -0.3 is 14.6 Å². The van der Waals surface area contributed by atoms with Crippen LogP contribution in [0.25, 0.3) is 0 Å². The van der Waals surface area contributed by atoms with Gasteiger partial charge in [-0.2, -0.15) is 0 Å². The molecule has 0 aliphatic heterocycles. The maximum Gasteiger partial charge on any atom is 0.127 e. The minimum Gasteiger partial charge on any atom is -0.497 e. The largest absolute Gasteiger partial charge is 0.497 e. The smallest absolute Gasteiger partial charge is 0.127 e. The molecule has 0 aliphatic rings. The van der Waals surface area contributed by atoms with Crippen LogP contribution >= 0.6 is 11.3 Å². The van der Waals surface area contributed by atoms with Gasteiger partial charge in [-0.25, -0.2) is 0 Å². The Hall–Kier alpha value is -1.63. The molecule has 6 heteroatoms. The number of aliphatic hydroxyl groups is 1. The lowest BCUT2D eigenvalue weighted by Gasteiger charge is -2.22. The van der Waals surface area contributed by atoms with Crippen LogP contribution in [0.15, 0.2) is 29.9 Å². The molecule has 2 aromatic rings. The normalized spacial score (nSPS) is 10.9. The third kappa shape index (κ3) is 4.42. The van der Waals surface area contributed by atoms with Crippen molar-refractivity contribution in [2.75, 3.05) is 27.4 Å². The topological polar surface area (TPSA) is 54.8 Å². The lowest BCUT2D eigenvalue weighted by molar-refractivity contribution is 0.184. The zero-order chi connectivity index (χ0) is 15.1. The third-order valence-electron chi connectivity index (χ3n) is 3.17. The summed E-state index contributed by atoms with van der Waals surface area (Å²) in [7, 11) is 3.29. The Morgan fingerprint density at radius 1 is 1.24 bits per heavy atom. The summed E-state index contributed by atoms with van der Waals surface area (Å²) in [5.74, 6) is 1.56. The molecule has 0 saturated heterocycles. The molecule has 2 rings (SSSR count). The number of rotatable bonds is 8. The van der Waals surface area contributed by atoms with Crippen LogP contribution in [-0.4, -0.2) is 42.4 Å². The summed E-state index contributed by atoms with van der Waals surface area (Å²) < 4.78 is 10.6. The van der Waals surface area contributed by atoms with Gasteiger partial charge in [-0.15, -0.1) is 11.3 Å². The summed E-state index contributed by atoms with van der Waals surface area (Å²) in [5.41, 5.74) is 2.89. The second-order valence-corrected chi connectivity index (χ2v) is 5.55. The van der Waals surface area contributed by atoms with Gasteiger partial charge in [0, 0.05) is 42.3 Å². The van der Waals surface area contributed by atoms with E-state index in [0.29, 0.717) is 13.1 Å². The van der Waals surface area contributed by atoms with Gasteiger partial charge in [0.1, 0.15) is 11.5 Å². The van der Waals surface area contributed by atoms with Gasteiger partial charge in [0.05, 0.1) is 26.3 Å². The highest BCUT2D eigenvalue weighted by molar-refractivity contribution is 7.09. The molecule has 0 unspecified atom stereocenters. The second-order valence-electron chi connectivity index (χ2n) is 4.58. The predicted molar refractivity (Wildman–Crippen MR) is 82.9 cm³/mol. The predicted octanol–water partition coefficient (Wildman–Crippen LogP) is 2.15. The fourth-order valence-corrected chi connectivity index (χ4v) is 2.76. The Morgan fingerprint density at radius 2 is 2.10 bits per heavy atom. The molecule has 0 aliphatic carbocycles. The molecule has 1 N–H and O–H groups in total. The highest BCUT2D eigenvalue weighted by Crippen LogP contribution is 2.26. The maximum atomic E-state index is 9.25. The third-order valence-corrected chi connectivity index (χ3v) is 3.93.